The van der Waals surface area contributed by atoms with Gasteiger partial charge in [0.1, 0.15) is 5.25 Å². The average Bonchev–Trinajstić information content (AvgIpc) is 3.62. The summed E-state index contributed by atoms with van der Waals surface area (Å²) in [6.45, 7) is 6.23. The van der Waals surface area contributed by atoms with Crippen LogP contribution in [0.4, 0.5) is 5.69 Å². The minimum absolute atomic E-state index is 0.103. The Morgan fingerprint density at radius 1 is 1.26 bits per heavy atom. The largest absolute Gasteiger partial charge is 0.333 e. The van der Waals surface area contributed by atoms with Crippen molar-refractivity contribution in [3.05, 3.63) is 64.7 Å². The van der Waals surface area contributed by atoms with Gasteiger partial charge in [-0.05, 0) is 49.5 Å². The van der Waals surface area contributed by atoms with Gasteiger partial charge in [0.15, 0.2) is 0 Å². The van der Waals surface area contributed by atoms with E-state index in [1.807, 2.05) is 23.1 Å². The fourth-order valence-electron chi connectivity index (χ4n) is 5.05. The van der Waals surface area contributed by atoms with Crippen LogP contribution >= 0.6 is 11.6 Å². The van der Waals surface area contributed by atoms with E-state index in [-0.39, 0.29) is 23.0 Å². The number of sulfonamides is 1. The van der Waals surface area contributed by atoms with Crippen LogP contribution in [-0.2, 0) is 10.0 Å². The van der Waals surface area contributed by atoms with E-state index >= 15 is 0 Å². The van der Waals surface area contributed by atoms with Crippen molar-refractivity contribution in [2.45, 2.75) is 37.1 Å². The summed E-state index contributed by atoms with van der Waals surface area (Å²) in [4.78, 5) is 17.5. The number of rotatable bonds is 6. The summed E-state index contributed by atoms with van der Waals surface area (Å²) in [5.74, 6) is 0.721. The van der Waals surface area contributed by atoms with Crippen molar-refractivity contribution >= 4 is 33.2 Å². The molecular formula is C25H31ClN4O3S. The second-order valence-electron chi connectivity index (χ2n) is 9.70. The molecule has 1 aromatic rings. The van der Waals surface area contributed by atoms with Gasteiger partial charge in [0.05, 0.1) is 22.3 Å². The molecule has 1 amide bonds. The van der Waals surface area contributed by atoms with Crippen molar-refractivity contribution in [2.75, 3.05) is 37.4 Å². The second kappa shape index (κ2) is 9.49. The predicted octanol–water partition coefficient (Wildman–Crippen LogP) is 3.03. The van der Waals surface area contributed by atoms with Crippen molar-refractivity contribution in [1.29, 1.82) is 0 Å². The molecule has 2 heterocycles. The third-order valence-electron chi connectivity index (χ3n) is 7.05. The number of fused-ring (bicyclic) bond motifs is 1. The number of carbonyl (C=O) groups excluding carboxylic acids is 1. The Balaban J connectivity index is 1.26. The standard InChI is InChI=1S/C25H31ClN4O3S/c1-17-15-29(16-18-7-8-18)12-13-30(17)25(31)21-10-9-20(14-22(21)26)28-34(32,33)23-6-2-4-19-5-3-11-27-24(19)23/h2-6,9-10,14,17-18,23-24,27-28H,7-8,11-13,15-16H2,1H3/t17-,23?,24?/m1/s1. The summed E-state index contributed by atoms with van der Waals surface area (Å²) >= 11 is 6.48. The predicted molar refractivity (Wildman–Crippen MR) is 136 cm³/mol. The number of carbonyl (C=O) groups is 1. The van der Waals surface area contributed by atoms with Gasteiger partial charge >= 0.3 is 0 Å². The van der Waals surface area contributed by atoms with Crippen molar-refractivity contribution in [1.82, 2.24) is 15.1 Å². The van der Waals surface area contributed by atoms with E-state index in [0.29, 0.717) is 24.3 Å². The highest BCUT2D eigenvalue weighted by Gasteiger charge is 2.36. The van der Waals surface area contributed by atoms with Crippen molar-refractivity contribution < 1.29 is 13.2 Å². The number of hydrogen-bond acceptors (Lipinski definition) is 5. The van der Waals surface area contributed by atoms with Crippen LogP contribution in [0.1, 0.15) is 30.1 Å². The van der Waals surface area contributed by atoms with E-state index in [2.05, 4.69) is 21.9 Å². The van der Waals surface area contributed by atoms with Crippen LogP contribution in [0.3, 0.4) is 0 Å². The van der Waals surface area contributed by atoms with Gasteiger partial charge in [-0.3, -0.25) is 14.4 Å². The normalized spacial score (nSPS) is 27.3. The molecule has 1 saturated carbocycles. The van der Waals surface area contributed by atoms with Gasteiger partial charge in [0, 0.05) is 38.8 Å². The first-order valence-corrected chi connectivity index (χ1v) is 13.9. The lowest BCUT2D eigenvalue weighted by Crippen LogP contribution is -2.54. The smallest absolute Gasteiger partial charge is 0.255 e. The molecule has 3 atom stereocenters. The SMILES string of the molecule is C[C@@H]1CN(CC2CC2)CCN1C(=O)c1ccc(NS(=O)(=O)C2C=CC=C3C=CCNC32)cc1Cl. The molecular weight excluding hydrogens is 472 g/mol. The summed E-state index contributed by atoms with van der Waals surface area (Å²) in [6.07, 6.45) is 12.0. The molecule has 9 heteroatoms. The van der Waals surface area contributed by atoms with Gasteiger partial charge in [-0.1, -0.05) is 42.0 Å². The highest BCUT2D eigenvalue weighted by atomic mass is 35.5. The van der Waals surface area contributed by atoms with Crippen molar-refractivity contribution in [3.8, 4) is 0 Å². The van der Waals surface area contributed by atoms with Crippen molar-refractivity contribution in [3.63, 3.8) is 0 Å². The molecule has 1 saturated heterocycles. The van der Waals surface area contributed by atoms with Gasteiger partial charge in [-0.25, -0.2) is 8.42 Å². The molecule has 0 radical (unpaired) electrons. The molecule has 2 N–H and O–H groups in total. The molecule has 0 bridgehead atoms. The minimum Gasteiger partial charge on any atom is -0.333 e. The quantitative estimate of drug-likeness (QED) is 0.625. The Kier molecular flexibility index (Phi) is 6.59. The Labute approximate surface area is 206 Å². The van der Waals surface area contributed by atoms with E-state index in [4.69, 9.17) is 11.6 Å². The van der Waals surface area contributed by atoms with Gasteiger partial charge in [0.25, 0.3) is 5.91 Å². The lowest BCUT2D eigenvalue weighted by molar-refractivity contribution is 0.0482. The zero-order valence-corrected chi connectivity index (χ0v) is 20.9. The molecule has 1 aromatic carbocycles. The maximum atomic E-state index is 13.2. The highest BCUT2D eigenvalue weighted by Crippen LogP contribution is 2.31. The van der Waals surface area contributed by atoms with Gasteiger partial charge in [0.2, 0.25) is 10.0 Å². The maximum absolute atomic E-state index is 13.2. The number of halogens is 1. The zero-order chi connectivity index (χ0) is 23.9. The number of benzene rings is 1. The Bertz CT molecular complexity index is 1160. The fraction of sp³-hybridized carbons (Fsp3) is 0.480. The molecule has 7 nitrogen and oxygen atoms in total. The molecule has 182 valence electrons. The first kappa shape index (κ1) is 23.6. The molecule has 0 spiro atoms. The van der Waals surface area contributed by atoms with Crippen molar-refractivity contribution in [2.24, 2.45) is 5.92 Å². The van der Waals surface area contributed by atoms with Crippen LogP contribution in [0.15, 0.2) is 54.2 Å². The lowest BCUT2D eigenvalue weighted by atomic mass is 9.96. The summed E-state index contributed by atoms with van der Waals surface area (Å²) < 4.78 is 29.0. The summed E-state index contributed by atoms with van der Waals surface area (Å²) in [5.41, 5.74) is 1.68. The first-order chi connectivity index (χ1) is 16.3. The van der Waals surface area contributed by atoms with Crippen LogP contribution < -0.4 is 10.0 Å². The number of anilines is 1. The van der Waals surface area contributed by atoms with Crippen LogP contribution in [0.25, 0.3) is 0 Å². The minimum atomic E-state index is -3.73. The van der Waals surface area contributed by atoms with E-state index in [1.165, 1.54) is 18.9 Å². The molecule has 2 unspecified atom stereocenters. The maximum Gasteiger partial charge on any atom is 0.255 e. The third kappa shape index (κ3) is 4.96. The van der Waals surface area contributed by atoms with Crippen LogP contribution in [0, 0.1) is 5.92 Å². The van der Waals surface area contributed by atoms with E-state index in [0.717, 1.165) is 31.1 Å². The Morgan fingerprint density at radius 2 is 2.09 bits per heavy atom. The summed E-state index contributed by atoms with van der Waals surface area (Å²) in [5, 5.41) is 2.75. The Morgan fingerprint density at radius 3 is 2.82 bits per heavy atom. The highest BCUT2D eigenvalue weighted by molar-refractivity contribution is 7.93. The van der Waals surface area contributed by atoms with E-state index in [9.17, 15) is 13.2 Å². The summed E-state index contributed by atoms with van der Waals surface area (Å²) in [7, 11) is -3.73. The number of amides is 1. The molecule has 2 fully saturated rings. The number of nitrogens with one attached hydrogen (secondary N) is 2. The molecule has 5 rings (SSSR count). The average molecular weight is 503 g/mol. The van der Waals surface area contributed by atoms with Crippen LogP contribution in [-0.4, -0.2) is 74.2 Å². The first-order valence-electron chi connectivity index (χ1n) is 11.9. The molecule has 34 heavy (non-hydrogen) atoms. The lowest BCUT2D eigenvalue weighted by Gasteiger charge is -2.40. The van der Waals surface area contributed by atoms with E-state index in [1.54, 1.807) is 24.3 Å². The third-order valence-corrected chi connectivity index (χ3v) is 9.03. The number of allylic oxidation sites excluding steroid dienone is 2. The van der Waals surface area contributed by atoms with Crippen LogP contribution in [0.2, 0.25) is 5.02 Å². The van der Waals surface area contributed by atoms with Gasteiger partial charge < -0.3 is 10.2 Å². The monoisotopic (exact) mass is 502 g/mol. The van der Waals surface area contributed by atoms with E-state index < -0.39 is 15.3 Å². The van der Waals surface area contributed by atoms with Crippen LogP contribution in [0.5, 0.6) is 0 Å². The van der Waals surface area contributed by atoms with Gasteiger partial charge in [-0.15, -0.1) is 0 Å². The number of hydrogen-bond donors (Lipinski definition) is 2. The molecule has 2 aliphatic carbocycles. The van der Waals surface area contributed by atoms with Gasteiger partial charge in [-0.2, -0.15) is 0 Å². The molecule has 4 aliphatic rings. The number of piperazine rings is 1. The summed E-state index contributed by atoms with van der Waals surface area (Å²) in [6, 6.07) is 4.56. The fourth-order valence-corrected chi connectivity index (χ4v) is 6.81. The Hall–Kier alpha value is -2.13. The topological polar surface area (TPSA) is 81.8 Å². The molecule has 2 aliphatic heterocycles. The number of nitrogens with zero attached hydrogens (tertiary/aromatic N) is 2. The molecule has 0 aromatic heterocycles. The second-order valence-corrected chi connectivity index (χ2v) is 11.9. The zero-order valence-electron chi connectivity index (χ0n) is 19.3.